The van der Waals surface area contributed by atoms with Gasteiger partial charge in [0.1, 0.15) is 11.5 Å². The molecular weight excluding hydrogens is 316 g/mol. The Morgan fingerprint density at radius 3 is 2.30 bits per heavy atom. The number of esters is 2. The van der Waals surface area contributed by atoms with Crippen LogP contribution in [0.5, 0.6) is 11.5 Å². The maximum atomic E-state index is 11.8. The van der Waals surface area contributed by atoms with Crippen molar-refractivity contribution in [3.63, 3.8) is 0 Å². The fourth-order valence-electron chi connectivity index (χ4n) is 1.93. The van der Waals surface area contributed by atoms with Crippen molar-refractivity contribution in [1.29, 1.82) is 0 Å². The third kappa shape index (κ3) is 5.11. The normalized spacial score (nSPS) is 10.2. The topological polar surface area (TPSA) is 52.6 Å². The minimum Gasteiger partial charge on any atom is -0.426 e. The zero-order chi connectivity index (χ0) is 16.8. The van der Waals surface area contributed by atoms with Crippen molar-refractivity contribution < 1.29 is 19.1 Å². The summed E-state index contributed by atoms with van der Waals surface area (Å²) in [6, 6.07) is 12.0. The first kappa shape index (κ1) is 17.0. The standard InChI is InChI=1S/C18H17ClO4/c1-12-5-3-8-16(13(12)2)23-18(21)10-9-17(20)22-15-7-4-6-14(19)11-15/h3-8,11H,9-10H2,1-2H3. The summed E-state index contributed by atoms with van der Waals surface area (Å²) >= 11 is 5.81. The number of rotatable bonds is 5. The van der Waals surface area contributed by atoms with E-state index >= 15 is 0 Å². The Labute approximate surface area is 140 Å². The molecule has 0 heterocycles. The molecule has 0 aliphatic carbocycles. The van der Waals surface area contributed by atoms with Crippen LogP contribution in [0.2, 0.25) is 5.02 Å². The second kappa shape index (κ2) is 7.79. The van der Waals surface area contributed by atoms with E-state index in [0.717, 1.165) is 11.1 Å². The molecule has 0 aliphatic rings. The first-order valence-corrected chi connectivity index (χ1v) is 7.56. The average Bonchev–Trinajstić information content (AvgIpc) is 2.50. The Morgan fingerprint density at radius 2 is 1.61 bits per heavy atom. The molecule has 0 fully saturated rings. The van der Waals surface area contributed by atoms with E-state index < -0.39 is 11.9 Å². The molecule has 0 N–H and O–H groups in total. The van der Waals surface area contributed by atoms with Gasteiger partial charge in [0.25, 0.3) is 0 Å². The lowest BCUT2D eigenvalue weighted by Gasteiger charge is -2.09. The van der Waals surface area contributed by atoms with E-state index in [9.17, 15) is 9.59 Å². The quantitative estimate of drug-likeness (QED) is 0.606. The fourth-order valence-corrected chi connectivity index (χ4v) is 2.11. The van der Waals surface area contributed by atoms with E-state index in [1.807, 2.05) is 26.0 Å². The van der Waals surface area contributed by atoms with Gasteiger partial charge < -0.3 is 9.47 Å². The predicted molar refractivity (Wildman–Crippen MR) is 87.9 cm³/mol. The number of hydrogen-bond acceptors (Lipinski definition) is 4. The lowest BCUT2D eigenvalue weighted by molar-refractivity contribution is -0.140. The first-order chi connectivity index (χ1) is 11.0. The molecule has 2 aromatic carbocycles. The van der Waals surface area contributed by atoms with E-state index in [4.69, 9.17) is 21.1 Å². The number of halogens is 1. The van der Waals surface area contributed by atoms with Crippen LogP contribution in [0, 0.1) is 13.8 Å². The van der Waals surface area contributed by atoms with Gasteiger partial charge in [-0.25, -0.2) is 0 Å². The van der Waals surface area contributed by atoms with Crippen LogP contribution in [0.1, 0.15) is 24.0 Å². The summed E-state index contributed by atoms with van der Waals surface area (Å²) in [5.41, 5.74) is 1.94. The minimum absolute atomic E-state index is 0.0488. The fraction of sp³-hybridized carbons (Fsp3) is 0.222. The van der Waals surface area contributed by atoms with Gasteiger partial charge >= 0.3 is 11.9 Å². The monoisotopic (exact) mass is 332 g/mol. The summed E-state index contributed by atoms with van der Waals surface area (Å²) in [4.78, 5) is 23.6. The van der Waals surface area contributed by atoms with Crippen LogP contribution in [0.15, 0.2) is 42.5 Å². The summed E-state index contributed by atoms with van der Waals surface area (Å²) in [6.07, 6.45) is -0.108. The van der Waals surface area contributed by atoms with Crippen molar-refractivity contribution in [2.75, 3.05) is 0 Å². The number of carbonyl (C=O) groups excluding carboxylic acids is 2. The molecule has 0 amide bonds. The summed E-state index contributed by atoms with van der Waals surface area (Å²) < 4.78 is 10.4. The highest BCUT2D eigenvalue weighted by Crippen LogP contribution is 2.21. The molecule has 0 saturated carbocycles. The van der Waals surface area contributed by atoms with E-state index in [0.29, 0.717) is 16.5 Å². The Morgan fingerprint density at radius 1 is 0.957 bits per heavy atom. The SMILES string of the molecule is Cc1cccc(OC(=O)CCC(=O)Oc2cccc(Cl)c2)c1C. The number of carbonyl (C=O) groups is 2. The van der Waals surface area contributed by atoms with Crippen molar-refractivity contribution in [1.82, 2.24) is 0 Å². The molecule has 0 radical (unpaired) electrons. The molecule has 0 atom stereocenters. The lowest BCUT2D eigenvalue weighted by Crippen LogP contribution is -2.14. The zero-order valence-electron chi connectivity index (χ0n) is 13.0. The third-order valence-electron chi connectivity index (χ3n) is 3.34. The summed E-state index contributed by atoms with van der Waals surface area (Å²) in [5, 5.41) is 0.477. The van der Waals surface area contributed by atoms with E-state index in [-0.39, 0.29) is 12.8 Å². The highest BCUT2D eigenvalue weighted by Gasteiger charge is 2.12. The average molecular weight is 333 g/mol. The molecule has 4 nitrogen and oxygen atoms in total. The van der Waals surface area contributed by atoms with Crippen molar-refractivity contribution >= 4 is 23.5 Å². The van der Waals surface area contributed by atoms with Gasteiger partial charge in [0.05, 0.1) is 12.8 Å². The molecule has 0 bridgehead atoms. The van der Waals surface area contributed by atoms with Crippen LogP contribution in [0.4, 0.5) is 0 Å². The molecule has 0 spiro atoms. The van der Waals surface area contributed by atoms with Gasteiger partial charge in [-0.1, -0.05) is 29.8 Å². The molecule has 23 heavy (non-hydrogen) atoms. The second-order valence-electron chi connectivity index (χ2n) is 5.10. The van der Waals surface area contributed by atoms with Crippen LogP contribution in [0.3, 0.4) is 0 Å². The molecule has 0 unspecified atom stereocenters. The van der Waals surface area contributed by atoms with E-state index in [2.05, 4.69) is 0 Å². The van der Waals surface area contributed by atoms with Crippen LogP contribution in [-0.2, 0) is 9.59 Å². The summed E-state index contributed by atoms with van der Waals surface area (Å²) in [5.74, 6) is -0.115. The Kier molecular flexibility index (Phi) is 5.77. The highest BCUT2D eigenvalue weighted by molar-refractivity contribution is 6.30. The van der Waals surface area contributed by atoms with Crippen molar-refractivity contribution in [2.24, 2.45) is 0 Å². The number of hydrogen-bond donors (Lipinski definition) is 0. The molecule has 0 aliphatic heterocycles. The van der Waals surface area contributed by atoms with Gasteiger partial charge in [0, 0.05) is 5.02 Å². The van der Waals surface area contributed by atoms with Crippen LogP contribution < -0.4 is 9.47 Å². The maximum Gasteiger partial charge on any atom is 0.311 e. The van der Waals surface area contributed by atoms with E-state index in [1.54, 1.807) is 24.3 Å². The van der Waals surface area contributed by atoms with Crippen LogP contribution >= 0.6 is 11.6 Å². The predicted octanol–water partition coefficient (Wildman–Crippen LogP) is 4.25. The highest BCUT2D eigenvalue weighted by atomic mass is 35.5. The Bertz CT molecular complexity index is 725. The second-order valence-corrected chi connectivity index (χ2v) is 5.54. The largest absolute Gasteiger partial charge is 0.426 e. The molecule has 120 valence electrons. The molecule has 0 saturated heterocycles. The molecule has 0 aromatic heterocycles. The number of benzene rings is 2. The third-order valence-corrected chi connectivity index (χ3v) is 3.57. The Balaban J connectivity index is 1.84. The zero-order valence-corrected chi connectivity index (χ0v) is 13.7. The summed E-state index contributed by atoms with van der Waals surface area (Å²) in [6.45, 7) is 3.82. The molecular formula is C18H17ClO4. The van der Waals surface area contributed by atoms with Crippen molar-refractivity contribution in [3.8, 4) is 11.5 Å². The van der Waals surface area contributed by atoms with Gasteiger partial charge in [-0.05, 0) is 49.2 Å². The van der Waals surface area contributed by atoms with Gasteiger partial charge in [0.15, 0.2) is 0 Å². The van der Waals surface area contributed by atoms with Gasteiger partial charge in [-0.3, -0.25) is 9.59 Å². The van der Waals surface area contributed by atoms with Gasteiger partial charge in [0.2, 0.25) is 0 Å². The molecule has 2 rings (SSSR count). The summed E-state index contributed by atoms with van der Waals surface area (Å²) in [7, 11) is 0. The minimum atomic E-state index is -0.509. The Hall–Kier alpha value is -2.33. The van der Waals surface area contributed by atoms with Crippen LogP contribution in [0.25, 0.3) is 0 Å². The van der Waals surface area contributed by atoms with E-state index in [1.165, 1.54) is 6.07 Å². The first-order valence-electron chi connectivity index (χ1n) is 7.19. The van der Waals surface area contributed by atoms with Gasteiger partial charge in [-0.2, -0.15) is 0 Å². The lowest BCUT2D eigenvalue weighted by atomic mass is 10.1. The molecule has 5 heteroatoms. The van der Waals surface area contributed by atoms with Crippen molar-refractivity contribution in [2.45, 2.75) is 26.7 Å². The van der Waals surface area contributed by atoms with Crippen LogP contribution in [-0.4, -0.2) is 11.9 Å². The number of ether oxygens (including phenoxy) is 2. The smallest absolute Gasteiger partial charge is 0.311 e. The maximum absolute atomic E-state index is 11.8. The van der Waals surface area contributed by atoms with Crippen molar-refractivity contribution in [3.05, 3.63) is 58.6 Å². The number of aryl methyl sites for hydroxylation is 1. The molecule has 2 aromatic rings. The van der Waals surface area contributed by atoms with Gasteiger partial charge in [-0.15, -0.1) is 0 Å².